The molecule has 0 aromatic rings. The van der Waals surface area contributed by atoms with Crippen LogP contribution < -0.4 is 0 Å². The molecule has 0 aromatic heterocycles. The molecule has 0 aliphatic heterocycles. The Balaban J connectivity index is 2.23. The van der Waals surface area contributed by atoms with E-state index in [1.807, 2.05) is 0 Å². The van der Waals surface area contributed by atoms with Crippen LogP contribution in [-0.4, -0.2) is 41.6 Å². The predicted molar refractivity (Wildman–Crippen MR) is 69.6 cm³/mol. The van der Waals surface area contributed by atoms with Gasteiger partial charge in [-0.25, -0.2) is 0 Å². The average molecular weight is 312 g/mol. The molecule has 19 heavy (non-hydrogen) atoms. The van der Waals surface area contributed by atoms with Crippen molar-refractivity contribution in [3.8, 4) is 0 Å². The summed E-state index contributed by atoms with van der Waals surface area (Å²) >= 11 is 0. The van der Waals surface area contributed by atoms with Gasteiger partial charge in [-0.1, -0.05) is 12.8 Å². The Morgan fingerprint density at radius 1 is 0.842 bits per heavy atom. The van der Waals surface area contributed by atoms with Gasteiger partial charge in [0.25, 0.3) is 20.2 Å². The minimum Gasteiger partial charge on any atom is -0.266 e. The van der Waals surface area contributed by atoms with Gasteiger partial charge in [0.2, 0.25) is 0 Å². The lowest BCUT2D eigenvalue weighted by Gasteiger charge is -2.35. The molecule has 0 unspecified atom stereocenters. The molecule has 2 aliphatic carbocycles. The first kappa shape index (κ1) is 15.2. The second-order valence-electron chi connectivity index (χ2n) is 5.60. The molecule has 112 valence electrons. The molecular formula is C11H20O6S2. The van der Waals surface area contributed by atoms with Crippen molar-refractivity contribution in [1.82, 2.24) is 0 Å². The topological polar surface area (TPSA) is 86.7 Å². The first-order valence-electron chi connectivity index (χ1n) is 6.39. The van der Waals surface area contributed by atoms with Crippen LogP contribution in [0.5, 0.6) is 0 Å². The fourth-order valence-electron chi connectivity index (χ4n) is 3.49. The lowest BCUT2D eigenvalue weighted by atomic mass is 9.80. The van der Waals surface area contributed by atoms with Gasteiger partial charge in [-0.05, 0) is 25.7 Å². The molecule has 6 nitrogen and oxygen atoms in total. The Morgan fingerprint density at radius 3 is 1.53 bits per heavy atom. The van der Waals surface area contributed by atoms with E-state index in [9.17, 15) is 16.8 Å². The Bertz CT molecular complexity index is 486. The summed E-state index contributed by atoms with van der Waals surface area (Å²) in [4.78, 5) is 0. The zero-order valence-corrected chi connectivity index (χ0v) is 12.8. The van der Waals surface area contributed by atoms with Crippen molar-refractivity contribution in [2.45, 2.75) is 50.7 Å². The van der Waals surface area contributed by atoms with Crippen molar-refractivity contribution in [3.05, 3.63) is 0 Å². The van der Waals surface area contributed by atoms with Gasteiger partial charge in [-0.2, -0.15) is 16.8 Å². The molecule has 0 N–H and O–H groups in total. The summed E-state index contributed by atoms with van der Waals surface area (Å²) in [6, 6.07) is 0. The van der Waals surface area contributed by atoms with E-state index in [1.165, 1.54) is 0 Å². The third-order valence-corrected chi connectivity index (χ3v) is 5.25. The van der Waals surface area contributed by atoms with Crippen molar-refractivity contribution >= 4 is 20.2 Å². The maximum absolute atomic E-state index is 11.3. The van der Waals surface area contributed by atoms with Crippen molar-refractivity contribution in [2.24, 2.45) is 5.41 Å². The molecule has 2 aliphatic rings. The quantitative estimate of drug-likeness (QED) is 0.721. The van der Waals surface area contributed by atoms with E-state index in [0.29, 0.717) is 12.8 Å². The van der Waals surface area contributed by atoms with Gasteiger partial charge in [0.05, 0.1) is 24.7 Å². The van der Waals surface area contributed by atoms with Crippen LogP contribution >= 0.6 is 0 Å². The fraction of sp³-hybridized carbons (Fsp3) is 1.00. The summed E-state index contributed by atoms with van der Waals surface area (Å²) in [5.74, 6) is 0. The van der Waals surface area contributed by atoms with Crippen LogP contribution in [0.25, 0.3) is 0 Å². The largest absolute Gasteiger partial charge is 0.266 e. The van der Waals surface area contributed by atoms with Crippen LogP contribution in [0.1, 0.15) is 38.5 Å². The van der Waals surface area contributed by atoms with Crippen LogP contribution in [0.2, 0.25) is 0 Å². The fourth-order valence-corrected chi connectivity index (χ4v) is 4.91. The van der Waals surface area contributed by atoms with E-state index in [4.69, 9.17) is 8.37 Å². The van der Waals surface area contributed by atoms with Gasteiger partial charge in [-0.3, -0.25) is 8.37 Å². The molecule has 0 aromatic carbocycles. The SMILES string of the molecule is CS(=O)(=O)O[C@H]1CCC[C@]12CCC[C@H]2OS(C)(=O)=O. The van der Waals surface area contributed by atoms with E-state index in [-0.39, 0.29) is 0 Å². The molecule has 0 saturated heterocycles. The lowest BCUT2D eigenvalue weighted by molar-refractivity contribution is 0.00245. The zero-order valence-electron chi connectivity index (χ0n) is 11.2. The molecule has 2 rings (SSSR count). The van der Waals surface area contributed by atoms with Gasteiger partial charge in [0.1, 0.15) is 0 Å². The highest BCUT2D eigenvalue weighted by molar-refractivity contribution is 7.86. The Labute approximate surface area is 114 Å². The maximum atomic E-state index is 11.3. The molecule has 0 radical (unpaired) electrons. The van der Waals surface area contributed by atoms with Gasteiger partial charge in [-0.15, -0.1) is 0 Å². The highest BCUT2D eigenvalue weighted by Gasteiger charge is 2.54. The molecular weight excluding hydrogens is 292 g/mol. The first-order valence-corrected chi connectivity index (χ1v) is 10.0. The highest BCUT2D eigenvalue weighted by Crippen LogP contribution is 2.53. The Kier molecular flexibility index (Phi) is 3.99. The predicted octanol–water partition coefficient (Wildman–Crippen LogP) is 1.03. The van der Waals surface area contributed by atoms with Gasteiger partial charge >= 0.3 is 0 Å². The first-order chi connectivity index (χ1) is 8.62. The van der Waals surface area contributed by atoms with Crippen LogP contribution in [0.15, 0.2) is 0 Å². The van der Waals surface area contributed by atoms with Crippen molar-refractivity contribution in [2.75, 3.05) is 12.5 Å². The summed E-state index contributed by atoms with van der Waals surface area (Å²) in [6.45, 7) is 0. The van der Waals surface area contributed by atoms with Crippen LogP contribution in [-0.2, 0) is 28.6 Å². The third kappa shape index (κ3) is 3.48. The molecule has 0 amide bonds. The summed E-state index contributed by atoms with van der Waals surface area (Å²) in [7, 11) is -7.09. The number of rotatable bonds is 4. The normalized spacial score (nSPS) is 36.1. The van der Waals surface area contributed by atoms with E-state index in [2.05, 4.69) is 0 Å². The molecule has 8 heteroatoms. The van der Waals surface area contributed by atoms with Crippen molar-refractivity contribution < 1.29 is 25.2 Å². The molecule has 2 saturated carbocycles. The van der Waals surface area contributed by atoms with Crippen molar-refractivity contribution in [1.29, 1.82) is 0 Å². The third-order valence-electron chi connectivity index (χ3n) is 4.08. The van der Waals surface area contributed by atoms with E-state index in [0.717, 1.165) is 38.2 Å². The lowest BCUT2D eigenvalue weighted by Crippen LogP contribution is -2.42. The molecule has 0 heterocycles. The second-order valence-corrected chi connectivity index (χ2v) is 8.80. The average Bonchev–Trinajstić information content (AvgIpc) is 2.73. The van der Waals surface area contributed by atoms with Crippen molar-refractivity contribution in [3.63, 3.8) is 0 Å². The smallest absolute Gasteiger partial charge is 0.264 e. The maximum Gasteiger partial charge on any atom is 0.264 e. The van der Waals surface area contributed by atoms with E-state index in [1.54, 1.807) is 0 Å². The number of hydrogen-bond donors (Lipinski definition) is 0. The summed E-state index contributed by atoms with van der Waals surface area (Å²) < 4.78 is 55.7. The summed E-state index contributed by atoms with van der Waals surface area (Å²) in [5.41, 5.74) is -0.466. The Morgan fingerprint density at radius 2 is 1.21 bits per heavy atom. The van der Waals surface area contributed by atoms with Crippen LogP contribution in [0.4, 0.5) is 0 Å². The molecule has 3 atom stereocenters. The number of hydrogen-bond acceptors (Lipinski definition) is 6. The van der Waals surface area contributed by atoms with Gasteiger partial charge < -0.3 is 0 Å². The molecule has 0 bridgehead atoms. The van der Waals surface area contributed by atoms with Gasteiger partial charge in [0, 0.05) is 5.41 Å². The van der Waals surface area contributed by atoms with E-state index >= 15 is 0 Å². The van der Waals surface area contributed by atoms with Crippen LogP contribution in [0.3, 0.4) is 0 Å². The van der Waals surface area contributed by atoms with Crippen LogP contribution in [0, 0.1) is 5.41 Å². The summed E-state index contributed by atoms with van der Waals surface area (Å²) in [5, 5.41) is 0. The monoisotopic (exact) mass is 312 g/mol. The second kappa shape index (κ2) is 4.98. The highest BCUT2D eigenvalue weighted by atomic mass is 32.2. The molecule has 2 fully saturated rings. The zero-order chi connectivity index (χ0) is 14.3. The minimum atomic E-state index is -3.54. The minimum absolute atomic E-state index is 0.461. The van der Waals surface area contributed by atoms with Gasteiger partial charge in [0.15, 0.2) is 0 Å². The summed E-state index contributed by atoms with van der Waals surface area (Å²) in [6.07, 6.45) is 5.59. The molecule has 1 spiro atoms. The standard InChI is InChI=1S/C11H20O6S2/c1-18(12,13)16-9-5-3-7-11(9)8-4-6-10(11)17-19(2,14)15/h9-10H,3-8H2,1-2H3/t9-,10+,11-/m0/s1. The van der Waals surface area contributed by atoms with E-state index < -0.39 is 37.9 Å². The Hall–Kier alpha value is -0.180.